The van der Waals surface area contributed by atoms with Crippen molar-refractivity contribution in [1.29, 1.82) is 0 Å². The highest BCUT2D eigenvalue weighted by Gasteiger charge is 2.12. The van der Waals surface area contributed by atoms with Gasteiger partial charge in [-0.15, -0.1) is 11.3 Å². The minimum atomic E-state index is -0.426. The summed E-state index contributed by atoms with van der Waals surface area (Å²) in [5.74, 6) is -0.206. The van der Waals surface area contributed by atoms with Gasteiger partial charge in [0.2, 0.25) is 0 Å². The van der Waals surface area contributed by atoms with Crippen LogP contribution in [0.25, 0.3) is 10.6 Å². The number of aryl methyl sites for hydroxylation is 1. The largest absolute Gasteiger partial charge is 0.508 e. The number of benzene rings is 2. The highest BCUT2D eigenvalue weighted by Crippen LogP contribution is 2.29. The molecule has 0 unspecified atom stereocenters. The Labute approximate surface area is 165 Å². The lowest BCUT2D eigenvalue weighted by atomic mass is 10.2. The van der Waals surface area contributed by atoms with Crippen LogP contribution in [0.5, 0.6) is 11.5 Å². The van der Waals surface area contributed by atoms with E-state index in [1.165, 1.54) is 35.6 Å². The Morgan fingerprint density at radius 2 is 1.89 bits per heavy atom. The number of aromatic nitrogens is 1. The Hall–Kier alpha value is -3.26. The van der Waals surface area contributed by atoms with Crippen molar-refractivity contribution in [3.05, 3.63) is 64.9 Å². The number of hydrazone groups is 1. The number of carbonyl (C=O) groups is 1. The van der Waals surface area contributed by atoms with Crippen molar-refractivity contribution in [2.45, 2.75) is 13.8 Å². The Kier molecular flexibility index (Phi) is 6.00. The lowest BCUT2D eigenvalue weighted by Crippen LogP contribution is -2.25. The van der Waals surface area contributed by atoms with Crippen molar-refractivity contribution >= 4 is 23.0 Å². The van der Waals surface area contributed by atoms with Gasteiger partial charge in [0.15, 0.2) is 6.61 Å². The zero-order chi connectivity index (χ0) is 20.1. The minimum Gasteiger partial charge on any atom is -0.508 e. The van der Waals surface area contributed by atoms with Gasteiger partial charge >= 0.3 is 0 Å². The summed E-state index contributed by atoms with van der Waals surface area (Å²) in [6.07, 6.45) is 0. The zero-order valence-electron chi connectivity index (χ0n) is 15.3. The van der Waals surface area contributed by atoms with E-state index < -0.39 is 5.91 Å². The molecule has 0 fully saturated rings. The Bertz CT molecular complexity index is 999. The molecule has 3 aromatic rings. The first-order chi connectivity index (χ1) is 13.4. The van der Waals surface area contributed by atoms with Gasteiger partial charge in [0, 0.05) is 5.56 Å². The van der Waals surface area contributed by atoms with E-state index >= 15 is 0 Å². The second-order valence-corrected chi connectivity index (χ2v) is 6.95. The van der Waals surface area contributed by atoms with Gasteiger partial charge in [-0.2, -0.15) is 5.10 Å². The number of nitrogens with zero attached hydrogens (tertiary/aromatic N) is 2. The third kappa shape index (κ3) is 4.92. The summed E-state index contributed by atoms with van der Waals surface area (Å²) in [6.45, 7) is 3.42. The molecule has 1 heterocycles. The number of ether oxygens (including phenoxy) is 1. The molecule has 2 aromatic carbocycles. The summed E-state index contributed by atoms with van der Waals surface area (Å²) in [5, 5.41) is 14.3. The van der Waals surface area contributed by atoms with E-state index in [2.05, 4.69) is 15.5 Å². The minimum absolute atomic E-state index is 0.195. The van der Waals surface area contributed by atoms with Crippen LogP contribution in [0.15, 0.2) is 53.6 Å². The lowest BCUT2D eigenvalue weighted by Gasteiger charge is -2.05. The van der Waals surface area contributed by atoms with Crippen LogP contribution >= 0.6 is 11.3 Å². The monoisotopic (exact) mass is 399 g/mol. The molecule has 2 N–H and O–H groups in total. The second-order valence-electron chi connectivity index (χ2n) is 5.96. The van der Waals surface area contributed by atoms with E-state index in [-0.39, 0.29) is 18.2 Å². The van der Waals surface area contributed by atoms with Crippen molar-refractivity contribution in [2.75, 3.05) is 6.61 Å². The summed E-state index contributed by atoms with van der Waals surface area (Å²) in [6, 6.07) is 12.2. The fraction of sp³-hybridized carbons (Fsp3) is 0.150. The number of halogens is 1. The third-order valence-corrected chi connectivity index (χ3v) is 5.09. The number of rotatable bonds is 6. The molecule has 0 aliphatic rings. The molecule has 0 bridgehead atoms. The summed E-state index contributed by atoms with van der Waals surface area (Å²) in [7, 11) is 0. The number of nitrogens with one attached hydrogen (secondary N) is 1. The van der Waals surface area contributed by atoms with Crippen molar-refractivity contribution in [1.82, 2.24) is 10.4 Å². The fourth-order valence-electron chi connectivity index (χ4n) is 2.37. The molecule has 0 aliphatic carbocycles. The molecule has 144 valence electrons. The average Bonchev–Trinajstić information content (AvgIpc) is 3.08. The average molecular weight is 399 g/mol. The van der Waals surface area contributed by atoms with Gasteiger partial charge in [0.05, 0.1) is 16.3 Å². The lowest BCUT2D eigenvalue weighted by molar-refractivity contribution is -0.123. The fourth-order valence-corrected chi connectivity index (χ4v) is 3.39. The van der Waals surface area contributed by atoms with Gasteiger partial charge < -0.3 is 9.84 Å². The van der Waals surface area contributed by atoms with E-state index in [0.29, 0.717) is 11.5 Å². The van der Waals surface area contributed by atoms with Crippen LogP contribution in [0.3, 0.4) is 0 Å². The molecular formula is C20H18FN3O3S. The van der Waals surface area contributed by atoms with Gasteiger partial charge in [-0.25, -0.2) is 14.8 Å². The Morgan fingerprint density at radius 1 is 1.21 bits per heavy atom. The van der Waals surface area contributed by atoms with Crippen molar-refractivity contribution in [3.63, 3.8) is 0 Å². The number of phenolic OH excluding ortho intramolecular Hbond substituents is 1. The summed E-state index contributed by atoms with van der Waals surface area (Å²) in [4.78, 5) is 17.3. The van der Waals surface area contributed by atoms with Crippen LogP contribution < -0.4 is 10.2 Å². The number of hydrogen-bond acceptors (Lipinski definition) is 6. The molecule has 0 atom stereocenters. The highest BCUT2D eigenvalue weighted by molar-refractivity contribution is 7.17. The molecular weight excluding hydrogens is 381 g/mol. The SMILES string of the molecule is C/C(=N\NC(=O)COc1ccc(F)cc1)c1sc(-c2ccc(O)cc2)nc1C. The molecule has 1 aromatic heterocycles. The first-order valence-electron chi connectivity index (χ1n) is 8.41. The van der Waals surface area contributed by atoms with Gasteiger partial charge in [-0.1, -0.05) is 0 Å². The maximum absolute atomic E-state index is 12.8. The summed E-state index contributed by atoms with van der Waals surface area (Å²) >= 11 is 1.45. The van der Waals surface area contributed by atoms with E-state index in [9.17, 15) is 14.3 Å². The number of aromatic hydroxyl groups is 1. The van der Waals surface area contributed by atoms with Gasteiger partial charge in [0.1, 0.15) is 22.3 Å². The zero-order valence-corrected chi connectivity index (χ0v) is 16.1. The van der Waals surface area contributed by atoms with Crippen LogP contribution in [0.4, 0.5) is 4.39 Å². The van der Waals surface area contributed by atoms with Crippen molar-refractivity contribution < 1.29 is 19.0 Å². The molecule has 0 saturated carbocycles. The van der Waals surface area contributed by atoms with E-state index in [1.54, 1.807) is 31.2 Å². The van der Waals surface area contributed by atoms with E-state index in [1.807, 2.05) is 6.92 Å². The van der Waals surface area contributed by atoms with Crippen LogP contribution in [0, 0.1) is 12.7 Å². The third-order valence-electron chi connectivity index (χ3n) is 3.77. The summed E-state index contributed by atoms with van der Waals surface area (Å²) < 4.78 is 18.1. The Balaban J connectivity index is 1.62. The van der Waals surface area contributed by atoms with Gasteiger partial charge in [-0.05, 0) is 62.4 Å². The molecule has 1 amide bonds. The van der Waals surface area contributed by atoms with E-state index in [0.717, 1.165) is 21.1 Å². The number of thiazole rings is 1. The van der Waals surface area contributed by atoms with Crippen LogP contribution in [0.1, 0.15) is 17.5 Å². The standard InChI is InChI=1S/C20H18FN3O3S/c1-12-19(28-20(22-12)14-3-7-16(25)8-4-14)13(2)23-24-18(26)11-27-17-9-5-15(21)6-10-17/h3-10,25H,11H2,1-2H3,(H,24,26)/b23-13+. The molecule has 0 saturated heterocycles. The van der Waals surface area contributed by atoms with Gasteiger partial charge in [0.25, 0.3) is 5.91 Å². The topological polar surface area (TPSA) is 83.8 Å². The molecule has 8 heteroatoms. The predicted octanol–water partition coefficient (Wildman–Crippen LogP) is 3.88. The molecule has 3 rings (SSSR count). The molecule has 28 heavy (non-hydrogen) atoms. The first-order valence-corrected chi connectivity index (χ1v) is 9.22. The van der Waals surface area contributed by atoms with Crippen molar-refractivity contribution in [2.24, 2.45) is 5.10 Å². The maximum Gasteiger partial charge on any atom is 0.277 e. The molecule has 6 nitrogen and oxygen atoms in total. The predicted molar refractivity (Wildman–Crippen MR) is 106 cm³/mol. The normalized spacial score (nSPS) is 11.3. The number of amides is 1. The second kappa shape index (κ2) is 8.62. The Morgan fingerprint density at radius 3 is 2.57 bits per heavy atom. The first kappa shape index (κ1) is 19.5. The quantitative estimate of drug-likeness (QED) is 0.487. The van der Waals surface area contributed by atoms with Gasteiger partial charge in [-0.3, -0.25) is 4.79 Å². The molecule has 0 aliphatic heterocycles. The van der Waals surface area contributed by atoms with Crippen LogP contribution in [-0.4, -0.2) is 28.3 Å². The smallest absolute Gasteiger partial charge is 0.277 e. The highest BCUT2D eigenvalue weighted by atomic mass is 32.1. The molecule has 0 spiro atoms. The number of hydrogen-bond donors (Lipinski definition) is 2. The number of carbonyl (C=O) groups excluding carboxylic acids is 1. The van der Waals surface area contributed by atoms with Crippen LogP contribution in [-0.2, 0) is 4.79 Å². The van der Waals surface area contributed by atoms with Crippen molar-refractivity contribution in [3.8, 4) is 22.1 Å². The molecule has 0 radical (unpaired) electrons. The summed E-state index contributed by atoms with van der Waals surface area (Å²) in [5.41, 5.74) is 4.75. The van der Waals surface area contributed by atoms with Crippen LogP contribution in [0.2, 0.25) is 0 Å². The number of phenols is 1. The maximum atomic E-state index is 12.8. The van der Waals surface area contributed by atoms with E-state index in [4.69, 9.17) is 4.74 Å².